The van der Waals surface area contributed by atoms with Crippen molar-refractivity contribution in [3.05, 3.63) is 95.3 Å². The molecule has 3 aliphatic rings. The van der Waals surface area contributed by atoms with E-state index in [1.54, 1.807) is 7.11 Å². The van der Waals surface area contributed by atoms with Gasteiger partial charge in [0.2, 0.25) is 0 Å². The second-order valence-electron chi connectivity index (χ2n) is 10.0. The van der Waals surface area contributed by atoms with Crippen LogP contribution in [0.5, 0.6) is 5.75 Å². The van der Waals surface area contributed by atoms with E-state index in [4.69, 9.17) is 4.74 Å². The van der Waals surface area contributed by atoms with Gasteiger partial charge >= 0.3 is 0 Å². The fourth-order valence-electron chi connectivity index (χ4n) is 5.44. The minimum atomic E-state index is 0.198. The number of carbonyl (C=O) groups is 1. The van der Waals surface area contributed by atoms with E-state index in [1.807, 2.05) is 18.2 Å². The van der Waals surface area contributed by atoms with Gasteiger partial charge in [-0.25, -0.2) is 0 Å². The lowest BCUT2D eigenvalue weighted by molar-refractivity contribution is 0.0964. The van der Waals surface area contributed by atoms with Crippen LogP contribution in [0.3, 0.4) is 0 Å². The Morgan fingerprint density at radius 1 is 1.06 bits per heavy atom. The van der Waals surface area contributed by atoms with Crippen LogP contribution >= 0.6 is 0 Å². The number of methoxy groups -OCH3 is 1. The van der Waals surface area contributed by atoms with Gasteiger partial charge in [0.25, 0.3) is 0 Å². The maximum Gasteiger partial charge on any atom is 0.166 e. The number of carbonyl (C=O) groups excluding carboxylic acids is 1. The summed E-state index contributed by atoms with van der Waals surface area (Å²) in [4.78, 5) is 13.1. The van der Waals surface area contributed by atoms with Crippen molar-refractivity contribution in [1.29, 1.82) is 0 Å². The van der Waals surface area contributed by atoms with E-state index in [1.165, 1.54) is 40.7 Å². The first-order valence-corrected chi connectivity index (χ1v) is 12.7. The highest BCUT2D eigenvalue weighted by Gasteiger charge is 2.24. The molecule has 174 valence electrons. The summed E-state index contributed by atoms with van der Waals surface area (Å²) in [5.41, 5.74) is 9.86. The molecule has 2 unspecified atom stereocenters. The number of Topliss-reactive ketones (excluding diaryl/α,β-unsaturated/α-hetero) is 1. The summed E-state index contributed by atoms with van der Waals surface area (Å²) in [6, 6.07) is 12.8. The predicted molar refractivity (Wildman–Crippen MR) is 141 cm³/mol. The van der Waals surface area contributed by atoms with Crippen LogP contribution in [0.2, 0.25) is 0 Å². The molecule has 2 atom stereocenters. The van der Waals surface area contributed by atoms with Crippen LogP contribution in [-0.2, 0) is 0 Å². The molecule has 3 aliphatic carbocycles. The van der Waals surface area contributed by atoms with Crippen LogP contribution in [0.4, 0.5) is 0 Å². The van der Waals surface area contributed by atoms with E-state index in [9.17, 15) is 4.79 Å². The van der Waals surface area contributed by atoms with E-state index in [2.05, 4.69) is 63.1 Å². The molecule has 2 aromatic carbocycles. The quantitative estimate of drug-likeness (QED) is 0.380. The largest absolute Gasteiger partial charge is 0.495 e. The fraction of sp³-hybridized carbons (Fsp3) is 0.344. The minimum Gasteiger partial charge on any atom is -0.495 e. The maximum atomic E-state index is 13.1. The molecule has 2 aromatic rings. The molecule has 0 saturated carbocycles. The number of hydrogen-bond acceptors (Lipinski definition) is 2. The summed E-state index contributed by atoms with van der Waals surface area (Å²) >= 11 is 0. The van der Waals surface area contributed by atoms with Crippen LogP contribution in [0.15, 0.2) is 54.6 Å². The van der Waals surface area contributed by atoms with E-state index in [0.717, 1.165) is 41.7 Å². The van der Waals surface area contributed by atoms with Crippen molar-refractivity contribution in [3.63, 3.8) is 0 Å². The first kappa shape index (κ1) is 22.9. The van der Waals surface area contributed by atoms with E-state index in [-0.39, 0.29) is 5.78 Å². The molecule has 5 rings (SSSR count). The highest BCUT2D eigenvalue weighted by molar-refractivity contribution is 6.02. The summed E-state index contributed by atoms with van der Waals surface area (Å²) in [7, 11) is 1.66. The van der Waals surface area contributed by atoms with Crippen LogP contribution in [0, 0.1) is 31.6 Å². The zero-order chi connectivity index (χ0) is 23.7. The predicted octanol–water partition coefficient (Wildman–Crippen LogP) is 8.08. The Balaban J connectivity index is 1.22. The molecule has 0 fully saturated rings. The number of hydrogen-bond donors (Lipinski definition) is 0. The number of benzene rings is 2. The third-order valence-corrected chi connectivity index (χ3v) is 7.71. The number of allylic oxidation sites excluding steroid dienone is 6. The molecule has 0 aromatic heterocycles. The minimum absolute atomic E-state index is 0.198. The molecule has 0 saturated heterocycles. The molecule has 0 aliphatic heterocycles. The average Bonchev–Trinajstić information content (AvgIpc) is 3.74. The Labute approximate surface area is 204 Å². The van der Waals surface area contributed by atoms with Gasteiger partial charge in [-0.3, -0.25) is 4.79 Å². The molecule has 2 radical (unpaired) electrons. The van der Waals surface area contributed by atoms with Gasteiger partial charge in [-0.15, -0.1) is 0 Å². The van der Waals surface area contributed by atoms with Crippen LogP contribution in [0.25, 0.3) is 16.7 Å². The normalized spacial score (nSPS) is 23.1. The van der Waals surface area contributed by atoms with Gasteiger partial charge in [0.05, 0.1) is 12.7 Å². The van der Waals surface area contributed by atoms with Gasteiger partial charge in [-0.1, -0.05) is 55.5 Å². The molecule has 0 amide bonds. The summed E-state index contributed by atoms with van der Waals surface area (Å²) in [6.07, 6.45) is 17.0. The second kappa shape index (κ2) is 9.78. The fourth-order valence-corrected chi connectivity index (χ4v) is 5.44. The zero-order valence-electron chi connectivity index (χ0n) is 20.6. The van der Waals surface area contributed by atoms with Crippen molar-refractivity contribution < 1.29 is 9.53 Å². The smallest absolute Gasteiger partial charge is 0.166 e. The summed E-state index contributed by atoms with van der Waals surface area (Å²) < 4.78 is 5.64. The van der Waals surface area contributed by atoms with Gasteiger partial charge in [0.1, 0.15) is 5.75 Å². The van der Waals surface area contributed by atoms with Gasteiger partial charge in [0, 0.05) is 24.8 Å². The van der Waals surface area contributed by atoms with E-state index in [0.29, 0.717) is 18.3 Å². The van der Waals surface area contributed by atoms with Crippen molar-refractivity contribution in [2.24, 2.45) is 11.8 Å². The lowest BCUT2D eigenvalue weighted by Crippen LogP contribution is -2.15. The molecular weight excluding hydrogens is 416 g/mol. The number of para-hydroxylation sites is 1. The Hall–Kier alpha value is -2.87. The maximum absolute atomic E-state index is 13.1. The SMILES string of the molecule is COc1c(C(=O)CCC2CCC/C(c3ccc(C4=C[CH]4)c(C)c3)=C/CC2C)cccc1C1=C[CH]1. The third kappa shape index (κ3) is 4.97. The first-order valence-electron chi connectivity index (χ1n) is 12.7. The highest BCUT2D eigenvalue weighted by Crippen LogP contribution is 2.39. The highest BCUT2D eigenvalue weighted by atomic mass is 16.5. The Morgan fingerprint density at radius 2 is 1.82 bits per heavy atom. The Bertz CT molecular complexity index is 1190. The van der Waals surface area contributed by atoms with Gasteiger partial charge in [-0.2, -0.15) is 0 Å². The first-order chi connectivity index (χ1) is 16.5. The number of ether oxygens (including phenoxy) is 1. The second-order valence-corrected chi connectivity index (χ2v) is 10.0. The molecule has 0 heterocycles. The van der Waals surface area contributed by atoms with Gasteiger partial charge < -0.3 is 4.74 Å². The average molecular weight is 451 g/mol. The summed E-state index contributed by atoms with van der Waals surface area (Å²) in [5.74, 6) is 2.08. The number of rotatable bonds is 8. The van der Waals surface area contributed by atoms with Crippen molar-refractivity contribution in [1.82, 2.24) is 0 Å². The lowest BCUT2D eigenvalue weighted by Gasteiger charge is -2.26. The molecule has 0 N–H and O–H groups in total. The Morgan fingerprint density at radius 3 is 2.53 bits per heavy atom. The molecule has 34 heavy (non-hydrogen) atoms. The zero-order valence-corrected chi connectivity index (χ0v) is 20.6. The van der Waals surface area contributed by atoms with Crippen LogP contribution in [0.1, 0.15) is 78.1 Å². The Kier molecular flexibility index (Phi) is 6.59. The van der Waals surface area contributed by atoms with E-state index < -0.39 is 0 Å². The third-order valence-electron chi connectivity index (χ3n) is 7.71. The molecule has 2 heteroatoms. The molecule has 0 spiro atoms. The van der Waals surface area contributed by atoms with Crippen molar-refractivity contribution >= 4 is 22.5 Å². The molecule has 2 nitrogen and oxygen atoms in total. The lowest BCUT2D eigenvalue weighted by atomic mass is 9.79. The monoisotopic (exact) mass is 450 g/mol. The van der Waals surface area contributed by atoms with Crippen molar-refractivity contribution in [2.75, 3.05) is 7.11 Å². The number of aryl methyl sites for hydroxylation is 1. The van der Waals surface area contributed by atoms with Crippen LogP contribution < -0.4 is 4.74 Å². The summed E-state index contributed by atoms with van der Waals surface area (Å²) in [5, 5.41) is 0. The summed E-state index contributed by atoms with van der Waals surface area (Å²) in [6.45, 7) is 4.57. The molecular formula is C32H34O2. The van der Waals surface area contributed by atoms with Crippen molar-refractivity contribution in [3.8, 4) is 5.75 Å². The van der Waals surface area contributed by atoms with Gasteiger partial charge in [-0.05, 0) is 90.3 Å². The topological polar surface area (TPSA) is 26.3 Å². The van der Waals surface area contributed by atoms with Gasteiger partial charge in [0.15, 0.2) is 5.78 Å². The number of ketones is 1. The molecule has 0 bridgehead atoms. The van der Waals surface area contributed by atoms with E-state index >= 15 is 0 Å². The standard InChI is InChI=1S/C32H34O2/c1-21-10-11-24(27-16-18-28(22(2)20-27)25-12-13-25)7-4-6-23(21)17-19-31(33)30-9-5-8-29(26-14-15-26)32(30)34-3/h5,8-9,11-16,18,20-21,23H,4,6-7,10,17,19H2,1-3H3/b24-11-. The van der Waals surface area contributed by atoms with Crippen LogP contribution in [-0.4, -0.2) is 12.9 Å². The van der Waals surface area contributed by atoms with Crippen molar-refractivity contribution in [2.45, 2.75) is 52.4 Å².